The van der Waals surface area contributed by atoms with E-state index in [-0.39, 0.29) is 6.04 Å². The fraction of sp³-hybridized carbons (Fsp3) is 0.300. The Labute approximate surface area is 91.9 Å². The smallest absolute Gasteiger partial charge is 0.0641 e. The van der Waals surface area contributed by atoms with Crippen LogP contribution in [0.15, 0.2) is 18.2 Å². The van der Waals surface area contributed by atoms with Gasteiger partial charge in [0.05, 0.1) is 12.5 Å². The van der Waals surface area contributed by atoms with Gasteiger partial charge < -0.3 is 5.73 Å². The maximum absolute atomic E-state index is 8.53. The van der Waals surface area contributed by atoms with Crippen LogP contribution in [0, 0.1) is 21.8 Å². The molecule has 1 aromatic carbocycles. The molecule has 0 radical (unpaired) electrons. The second-order valence-corrected chi connectivity index (χ2v) is 4.03. The molecule has 0 saturated carbocycles. The van der Waals surface area contributed by atoms with E-state index in [1.807, 2.05) is 25.1 Å². The Morgan fingerprint density at radius 2 is 2.31 bits per heavy atom. The Hall–Kier alpha value is -0.600. The van der Waals surface area contributed by atoms with Crippen LogP contribution < -0.4 is 5.73 Å². The molecule has 0 unspecified atom stereocenters. The van der Waals surface area contributed by atoms with Crippen molar-refractivity contribution in [2.24, 2.45) is 5.73 Å². The van der Waals surface area contributed by atoms with Crippen molar-refractivity contribution in [2.45, 2.75) is 19.4 Å². The van der Waals surface area contributed by atoms with Gasteiger partial charge in [-0.15, -0.1) is 0 Å². The van der Waals surface area contributed by atoms with Crippen molar-refractivity contribution in [3.8, 4) is 6.07 Å². The highest BCUT2D eigenvalue weighted by molar-refractivity contribution is 14.1. The van der Waals surface area contributed by atoms with Gasteiger partial charge in [-0.25, -0.2) is 0 Å². The summed E-state index contributed by atoms with van der Waals surface area (Å²) in [6.07, 6.45) is 0.374. The summed E-state index contributed by atoms with van der Waals surface area (Å²) in [5, 5.41) is 8.53. The normalized spacial score (nSPS) is 12.2. The lowest BCUT2D eigenvalue weighted by Crippen LogP contribution is -2.11. The van der Waals surface area contributed by atoms with E-state index in [0.717, 1.165) is 5.56 Å². The predicted octanol–water partition coefficient (Wildman–Crippen LogP) is 2.51. The molecule has 0 aromatic heterocycles. The summed E-state index contributed by atoms with van der Waals surface area (Å²) in [6.45, 7) is 2.05. The molecule has 2 N–H and O–H groups in total. The van der Waals surface area contributed by atoms with Gasteiger partial charge in [-0.05, 0) is 40.6 Å². The highest BCUT2D eigenvalue weighted by Crippen LogP contribution is 2.22. The summed E-state index contributed by atoms with van der Waals surface area (Å²) in [6, 6.07) is 7.93. The van der Waals surface area contributed by atoms with Crippen LogP contribution in [0.5, 0.6) is 0 Å². The summed E-state index contributed by atoms with van der Waals surface area (Å²) in [5.41, 5.74) is 8.13. The Bertz CT molecular complexity index is 341. The first-order chi connectivity index (χ1) is 6.16. The average molecular weight is 286 g/mol. The second kappa shape index (κ2) is 4.58. The van der Waals surface area contributed by atoms with Crippen molar-refractivity contribution in [3.63, 3.8) is 0 Å². The molecule has 0 aliphatic rings. The van der Waals surface area contributed by atoms with Crippen LogP contribution in [-0.4, -0.2) is 0 Å². The van der Waals surface area contributed by atoms with E-state index >= 15 is 0 Å². The van der Waals surface area contributed by atoms with Crippen molar-refractivity contribution in [1.29, 1.82) is 5.26 Å². The van der Waals surface area contributed by atoms with E-state index in [9.17, 15) is 0 Å². The Morgan fingerprint density at radius 1 is 1.62 bits per heavy atom. The third-order valence-electron chi connectivity index (χ3n) is 1.93. The standard InChI is InChI=1S/C10H11IN2/c1-7-3-2-4-8(10(7)11)9(13)5-6-12/h2-4,9H,5,13H2,1H3/t9-/m1/s1. The minimum Gasteiger partial charge on any atom is -0.323 e. The van der Waals surface area contributed by atoms with Gasteiger partial charge in [-0.2, -0.15) is 5.26 Å². The highest BCUT2D eigenvalue weighted by Gasteiger charge is 2.09. The van der Waals surface area contributed by atoms with Crippen LogP contribution in [0.4, 0.5) is 0 Å². The largest absolute Gasteiger partial charge is 0.323 e. The van der Waals surface area contributed by atoms with Crippen LogP contribution in [-0.2, 0) is 0 Å². The molecule has 3 heteroatoms. The Kier molecular flexibility index (Phi) is 3.70. The topological polar surface area (TPSA) is 49.8 Å². The number of rotatable bonds is 2. The Morgan fingerprint density at radius 3 is 2.92 bits per heavy atom. The molecule has 1 atom stereocenters. The van der Waals surface area contributed by atoms with Crippen LogP contribution in [0.2, 0.25) is 0 Å². The van der Waals surface area contributed by atoms with Crippen LogP contribution in [0.3, 0.4) is 0 Å². The monoisotopic (exact) mass is 286 g/mol. The van der Waals surface area contributed by atoms with E-state index in [4.69, 9.17) is 11.0 Å². The summed E-state index contributed by atoms with van der Waals surface area (Å²) in [4.78, 5) is 0. The zero-order valence-electron chi connectivity index (χ0n) is 7.42. The SMILES string of the molecule is Cc1cccc([C@H](N)CC#N)c1I. The zero-order valence-corrected chi connectivity index (χ0v) is 9.58. The Balaban J connectivity index is 3.02. The number of benzene rings is 1. The maximum atomic E-state index is 8.53. The number of nitrogens with two attached hydrogens (primary N) is 1. The van der Waals surface area contributed by atoms with Crippen LogP contribution >= 0.6 is 22.6 Å². The lowest BCUT2D eigenvalue weighted by atomic mass is 10.0. The maximum Gasteiger partial charge on any atom is 0.0641 e. The van der Waals surface area contributed by atoms with E-state index in [1.165, 1.54) is 9.13 Å². The average Bonchev–Trinajstić information content (AvgIpc) is 2.10. The molecule has 0 spiro atoms. The van der Waals surface area contributed by atoms with Gasteiger partial charge in [0.2, 0.25) is 0 Å². The summed E-state index contributed by atoms with van der Waals surface area (Å²) >= 11 is 2.27. The van der Waals surface area contributed by atoms with Crippen molar-refractivity contribution >= 4 is 22.6 Å². The van der Waals surface area contributed by atoms with Gasteiger partial charge >= 0.3 is 0 Å². The number of hydrogen-bond acceptors (Lipinski definition) is 2. The molecule has 0 fully saturated rings. The number of aryl methyl sites for hydroxylation is 1. The highest BCUT2D eigenvalue weighted by atomic mass is 127. The van der Waals surface area contributed by atoms with Crippen LogP contribution in [0.25, 0.3) is 0 Å². The van der Waals surface area contributed by atoms with E-state index in [1.54, 1.807) is 0 Å². The molecule has 0 aliphatic carbocycles. The predicted molar refractivity (Wildman–Crippen MR) is 61.1 cm³/mol. The first-order valence-electron chi connectivity index (χ1n) is 4.04. The van der Waals surface area contributed by atoms with Gasteiger partial charge in [0.25, 0.3) is 0 Å². The number of hydrogen-bond donors (Lipinski definition) is 1. The van der Waals surface area contributed by atoms with Gasteiger partial charge in [0.1, 0.15) is 0 Å². The molecule has 0 saturated heterocycles. The lowest BCUT2D eigenvalue weighted by Gasteiger charge is -2.11. The molecular weight excluding hydrogens is 275 g/mol. The summed E-state index contributed by atoms with van der Waals surface area (Å²) in [5.74, 6) is 0. The minimum absolute atomic E-state index is 0.156. The number of halogens is 1. The fourth-order valence-electron chi connectivity index (χ4n) is 1.16. The summed E-state index contributed by atoms with van der Waals surface area (Å²) in [7, 11) is 0. The molecule has 0 aliphatic heterocycles. The summed E-state index contributed by atoms with van der Waals surface area (Å²) < 4.78 is 1.17. The van der Waals surface area contributed by atoms with E-state index in [0.29, 0.717) is 6.42 Å². The number of nitriles is 1. The molecule has 1 rings (SSSR count). The molecule has 0 heterocycles. The van der Waals surface area contributed by atoms with Gasteiger partial charge in [-0.3, -0.25) is 0 Å². The zero-order chi connectivity index (χ0) is 9.84. The van der Waals surface area contributed by atoms with Crippen molar-refractivity contribution in [1.82, 2.24) is 0 Å². The molecule has 1 aromatic rings. The minimum atomic E-state index is -0.156. The molecular formula is C10H11IN2. The molecule has 13 heavy (non-hydrogen) atoms. The second-order valence-electron chi connectivity index (χ2n) is 2.95. The first kappa shape index (κ1) is 10.5. The molecule has 0 bridgehead atoms. The van der Waals surface area contributed by atoms with Gasteiger partial charge in [0.15, 0.2) is 0 Å². The van der Waals surface area contributed by atoms with Crippen LogP contribution in [0.1, 0.15) is 23.6 Å². The van der Waals surface area contributed by atoms with E-state index in [2.05, 4.69) is 28.7 Å². The van der Waals surface area contributed by atoms with Crippen molar-refractivity contribution < 1.29 is 0 Å². The van der Waals surface area contributed by atoms with Crippen molar-refractivity contribution in [2.75, 3.05) is 0 Å². The fourth-order valence-corrected chi connectivity index (χ4v) is 1.92. The third-order valence-corrected chi connectivity index (χ3v) is 3.41. The van der Waals surface area contributed by atoms with Gasteiger partial charge in [0, 0.05) is 9.61 Å². The van der Waals surface area contributed by atoms with Gasteiger partial charge in [-0.1, -0.05) is 18.2 Å². The first-order valence-corrected chi connectivity index (χ1v) is 5.12. The molecule has 2 nitrogen and oxygen atoms in total. The lowest BCUT2D eigenvalue weighted by molar-refractivity contribution is 0.743. The van der Waals surface area contributed by atoms with E-state index < -0.39 is 0 Å². The third kappa shape index (κ3) is 2.42. The molecule has 0 amide bonds. The quantitative estimate of drug-likeness (QED) is 0.849. The number of nitrogens with zero attached hydrogens (tertiary/aromatic N) is 1. The molecule has 68 valence electrons. The van der Waals surface area contributed by atoms with Crippen molar-refractivity contribution in [3.05, 3.63) is 32.9 Å².